The number of hydrogen-bond donors (Lipinski definition) is 0. The van der Waals surface area contributed by atoms with Gasteiger partial charge >= 0.3 is 6.18 Å². The highest BCUT2D eigenvalue weighted by Gasteiger charge is 2.35. The van der Waals surface area contributed by atoms with Gasteiger partial charge in [0.05, 0.1) is 0 Å². The number of nitrogens with zero attached hydrogens (tertiary/aromatic N) is 3. The monoisotopic (exact) mass is 335 g/mol. The van der Waals surface area contributed by atoms with Gasteiger partial charge in [-0.2, -0.15) is 13.2 Å². The largest absolute Gasteiger partial charge is 0.451 e. The van der Waals surface area contributed by atoms with Crippen molar-refractivity contribution in [1.82, 2.24) is 9.97 Å². The van der Waals surface area contributed by atoms with Crippen LogP contribution in [-0.2, 0) is 12.7 Å². The molecule has 0 spiro atoms. The predicted octanol–water partition coefficient (Wildman–Crippen LogP) is 4.44. The molecule has 1 aromatic heterocycles. The van der Waals surface area contributed by atoms with Gasteiger partial charge in [0, 0.05) is 24.7 Å². The maximum absolute atomic E-state index is 12.7. The fraction of sp³-hybridized carbons (Fsp3) is 0.231. The highest BCUT2D eigenvalue weighted by atomic mass is 35.5. The zero-order chi connectivity index (χ0) is 15.6. The number of hydrogen-bond acceptors (Lipinski definition) is 3. The van der Waals surface area contributed by atoms with Gasteiger partial charge in [0.15, 0.2) is 0 Å². The van der Waals surface area contributed by atoms with E-state index in [0.29, 0.717) is 11.6 Å². The van der Waals surface area contributed by atoms with Gasteiger partial charge in [0.2, 0.25) is 5.82 Å². The van der Waals surface area contributed by atoms with Crippen molar-refractivity contribution in [3.05, 3.63) is 51.9 Å². The summed E-state index contributed by atoms with van der Waals surface area (Å²) < 4.78 is 38.0. The second-order valence-corrected chi connectivity index (χ2v) is 5.18. The van der Waals surface area contributed by atoms with Gasteiger partial charge in [-0.15, -0.1) is 0 Å². The molecule has 2 aromatic rings. The highest BCUT2D eigenvalue weighted by molar-refractivity contribution is 6.30. The molecule has 1 heterocycles. The standard InChI is InChI=1S/C13H10Cl2F3N3/c1-21(7-8-2-4-9(14)5-3-8)11-6-10(15)19-12(20-11)13(16,17)18/h2-6H,7H2,1H3. The van der Waals surface area contributed by atoms with Gasteiger partial charge in [0.25, 0.3) is 0 Å². The lowest BCUT2D eigenvalue weighted by Gasteiger charge is -2.19. The summed E-state index contributed by atoms with van der Waals surface area (Å²) >= 11 is 11.4. The molecule has 0 amide bonds. The molecule has 0 aliphatic heterocycles. The molecular formula is C13H10Cl2F3N3. The lowest BCUT2D eigenvalue weighted by atomic mass is 10.2. The lowest BCUT2D eigenvalue weighted by molar-refractivity contribution is -0.144. The van der Waals surface area contributed by atoms with Crippen molar-refractivity contribution in [1.29, 1.82) is 0 Å². The zero-order valence-electron chi connectivity index (χ0n) is 10.8. The smallest absolute Gasteiger partial charge is 0.355 e. The van der Waals surface area contributed by atoms with Crippen molar-refractivity contribution in [2.75, 3.05) is 11.9 Å². The van der Waals surface area contributed by atoms with Crippen LogP contribution in [0.3, 0.4) is 0 Å². The molecule has 1 aromatic carbocycles. The number of anilines is 1. The van der Waals surface area contributed by atoms with E-state index < -0.39 is 12.0 Å². The molecule has 0 N–H and O–H groups in total. The second-order valence-electron chi connectivity index (χ2n) is 4.35. The molecule has 21 heavy (non-hydrogen) atoms. The van der Waals surface area contributed by atoms with Crippen LogP contribution in [0.1, 0.15) is 11.4 Å². The minimum absolute atomic E-state index is 0.0947. The first-order chi connectivity index (χ1) is 9.75. The lowest BCUT2D eigenvalue weighted by Crippen LogP contribution is -2.20. The van der Waals surface area contributed by atoms with Gasteiger partial charge in [-0.3, -0.25) is 0 Å². The molecule has 0 aliphatic carbocycles. The van der Waals surface area contributed by atoms with E-state index in [1.807, 2.05) is 0 Å². The fourth-order valence-electron chi connectivity index (χ4n) is 1.67. The Balaban J connectivity index is 2.24. The number of benzene rings is 1. The molecule has 0 aliphatic rings. The average Bonchev–Trinajstić information content (AvgIpc) is 2.39. The number of alkyl halides is 3. The predicted molar refractivity (Wildman–Crippen MR) is 75.6 cm³/mol. The summed E-state index contributed by atoms with van der Waals surface area (Å²) in [5, 5.41) is 0.334. The Hall–Kier alpha value is -1.53. The van der Waals surface area contributed by atoms with Crippen LogP contribution in [0, 0.1) is 0 Å². The van der Waals surface area contributed by atoms with Crippen LogP contribution in [-0.4, -0.2) is 17.0 Å². The maximum atomic E-state index is 12.7. The first-order valence-corrected chi connectivity index (χ1v) is 6.58. The number of halogens is 5. The third-order valence-corrected chi connectivity index (χ3v) is 3.10. The van der Waals surface area contributed by atoms with Crippen LogP contribution in [0.15, 0.2) is 30.3 Å². The van der Waals surface area contributed by atoms with E-state index in [1.54, 1.807) is 36.2 Å². The Morgan fingerprint density at radius 1 is 1.10 bits per heavy atom. The summed E-state index contributed by atoms with van der Waals surface area (Å²) in [5.41, 5.74) is 0.880. The van der Waals surface area contributed by atoms with Crippen molar-refractivity contribution in [2.45, 2.75) is 12.7 Å². The molecule has 8 heteroatoms. The summed E-state index contributed by atoms with van der Waals surface area (Å²) in [4.78, 5) is 8.24. The highest BCUT2D eigenvalue weighted by Crippen LogP contribution is 2.29. The molecule has 2 rings (SSSR count). The van der Waals surface area contributed by atoms with Crippen LogP contribution in [0.5, 0.6) is 0 Å². The summed E-state index contributed by atoms with van der Waals surface area (Å²) in [7, 11) is 1.62. The second kappa shape index (κ2) is 6.07. The van der Waals surface area contributed by atoms with E-state index in [9.17, 15) is 13.2 Å². The Kier molecular flexibility index (Phi) is 4.58. The normalized spacial score (nSPS) is 11.5. The Labute approximate surface area is 129 Å². The Morgan fingerprint density at radius 2 is 1.71 bits per heavy atom. The molecule has 0 saturated carbocycles. The van der Waals surface area contributed by atoms with Gasteiger partial charge < -0.3 is 4.90 Å². The molecule has 112 valence electrons. The third-order valence-electron chi connectivity index (χ3n) is 2.66. The van der Waals surface area contributed by atoms with E-state index in [-0.39, 0.29) is 11.0 Å². The van der Waals surface area contributed by atoms with Gasteiger partial charge in [0.1, 0.15) is 11.0 Å². The molecule has 0 saturated heterocycles. The summed E-state index contributed by atoms with van der Waals surface area (Å²) in [6, 6.07) is 8.27. The average molecular weight is 336 g/mol. The summed E-state index contributed by atoms with van der Waals surface area (Å²) in [5.74, 6) is -1.16. The van der Waals surface area contributed by atoms with E-state index in [1.165, 1.54) is 6.07 Å². The third kappa shape index (κ3) is 4.22. The quantitative estimate of drug-likeness (QED) is 0.776. The van der Waals surface area contributed by atoms with Crippen molar-refractivity contribution in [3.8, 4) is 0 Å². The van der Waals surface area contributed by atoms with E-state index in [0.717, 1.165) is 5.56 Å². The van der Waals surface area contributed by atoms with E-state index in [2.05, 4.69) is 9.97 Å². The van der Waals surface area contributed by atoms with Crippen LogP contribution in [0.2, 0.25) is 10.2 Å². The van der Waals surface area contributed by atoms with Crippen molar-refractivity contribution in [2.24, 2.45) is 0 Å². The zero-order valence-corrected chi connectivity index (χ0v) is 12.3. The number of aromatic nitrogens is 2. The molecule has 3 nitrogen and oxygen atoms in total. The van der Waals surface area contributed by atoms with Crippen LogP contribution in [0.25, 0.3) is 0 Å². The van der Waals surface area contributed by atoms with Crippen molar-refractivity contribution < 1.29 is 13.2 Å². The van der Waals surface area contributed by atoms with Crippen molar-refractivity contribution >= 4 is 29.0 Å². The molecular weight excluding hydrogens is 326 g/mol. The van der Waals surface area contributed by atoms with Gasteiger partial charge in [-0.25, -0.2) is 9.97 Å². The van der Waals surface area contributed by atoms with Gasteiger partial charge in [-0.05, 0) is 17.7 Å². The van der Waals surface area contributed by atoms with Crippen LogP contribution in [0.4, 0.5) is 19.0 Å². The summed E-state index contributed by atoms with van der Waals surface area (Å²) in [6.07, 6.45) is -4.64. The van der Waals surface area contributed by atoms with Gasteiger partial charge in [-0.1, -0.05) is 35.3 Å². The molecule has 0 unspecified atom stereocenters. The first kappa shape index (κ1) is 15.9. The first-order valence-electron chi connectivity index (χ1n) is 5.83. The SMILES string of the molecule is CN(Cc1ccc(Cl)cc1)c1cc(Cl)nc(C(F)(F)F)n1. The molecule has 0 atom stereocenters. The fourth-order valence-corrected chi connectivity index (χ4v) is 1.98. The molecule has 0 fully saturated rings. The van der Waals surface area contributed by atoms with Crippen LogP contribution < -0.4 is 4.90 Å². The van der Waals surface area contributed by atoms with E-state index >= 15 is 0 Å². The Morgan fingerprint density at radius 3 is 2.29 bits per heavy atom. The Bertz CT molecular complexity index is 630. The number of rotatable bonds is 3. The minimum atomic E-state index is -4.64. The summed E-state index contributed by atoms with van der Waals surface area (Å²) in [6.45, 7) is 0.363. The topological polar surface area (TPSA) is 29.0 Å². The molecule has 0 bridgehead atoms. The van der Waals surface area contributed by atoms with E-state index in [4.69, 9.17) is 23.2 Å². The maximum Gasteiger partial charge on any atom is 0.451 e. The van der Waals surface area contributed by atoms with Crippen molar-refractivity contribution in [3.63, 3.8) is 0 Å². The van der Waals surface area contributed by atoms with Crippen LogP contribution >= 0.6 is 23.2 Å². The molecule has 0 radical (unpaired) electrons. The minimum Gasteiger partial charge on any atom is -0.355 e.